The van der Waals surface area contributed by atoms with E-state index in [2.05, 4.69) is 33.0 Å². The molecule has 84 valence electrons. The minimum absolute atomic E-state index is 0.907. The van der Waals surface area contributed by atoms with Crippen molar-refractivity contribution in [2.24, 2.45) is 0 Å². The van der Waals surface area contributed by atoms with Crippen molar-refractivity contribution in [1.29, 1.82) is 0 Å². The Balaban J connectivity index is 1.65. The fourth-order valence-corrected chi connectivity index (χ4v) is 3.31. The molecule has 0 saturated carbocycles. The molecule has 0 unspecified atom stereocenters. The molecule has 0 N–H and O–H groups in total. The number of hydrogen-bond donors (Lipinski definition) is 0. The second kappa shape index (κ2) is 5.99. The summed E-state index contributed by atoms with van der Waals surface area (Å²) < 4.78 is 6.56. The number of halogens is 1. The van der Waals surface area contributed by atoms with Crippen LogP contribution in [0.5, 0.6) is 0 Å². The highest BCUT2D eigenvalue weighted by Gasteiger charge is 2.09. The molecular weight excluding hydrogens is 274 g/mol. The molecule has 1 aliphatic heterocycles. The number of morpholine rings is 1. The summed E-state index contributed by atoms with van der Waals surface area (Å²) >= 11 is 5.34. The highest BCUT2D eigenvalue weighted by molar-refractivity contribution is 9.11. The average Bonchev–Trinajstić information content (AvgIpc) is 2.66. The van der Waals surface area contributed by atoms with Gasteiger partial charge in [0.1, 0.15) is 0 Å². The van der Waals surface area contributed by atoms with Crippen LogP contribution >= 0.6 is 27.3 Å². The number of ether oxygens (including phenoxy) is 1. The molecule has 15 heavy (non-hydrogen) atoms. The summed E-state index contributed by atoms with van der Waals surface area (Å²) in [5, 5.41) is 0. The second-order valence-electron chi connectivity index (χ2n) is 3.76. The quantitative estimate of drug-likeness (QED) is 0.845. The zero-order valence-corrected chi connectivity index (χ0v) is 11.1. The first-order valence-electron chi connectivity index (χ1n) is 5.39. The monoisotopic (exact) mass is 289 g/mol. The van der Waals surface area contributed by atoms with Gasteiger partial charge in [-0.15, -0.1) is 11.3 Å². The van der Waals surface area contributed by atoms with E-state index in [1.165, 1.54) is 28.0 Å². The number of aryl methyl sites for hydroxylation is 1. The van der Waals surface area contributed by atoms with Gasteiger partial charge in [0, 0.05) is 18.0 Å². The molecule has 2 heterocycles. The van der Waals surface area contributed by atoms with Crippen molar-refractivity contribution in [2.45, 2.75) is 12.8 Å². The molecule has 2 rings (SSSR count). The third-order valence-electron chi connectivity index (χ3n) is 2.63. The first-order chi connectivity index (χ1) is 7.34. The lowest BCUT2D eigenvalue weighted by Gasteiger charge is -2.26. The van der Waals surface area contributed by atoms with Crippen molar-refractivity contribution in [3.63, 3.8) is 0 Å². The summed E-state index contributed by atoms with van der Waals surface area (Å²) in [6, 6.07) is 4.35. The summed E-state index contributed by atoms with van der Waals surface area (Å²) in [7, 11) is 0. The molecule has 0 amide bonds. The lowest BCUT2D eigenvalue weighted by Crippen LogP contribution is -2.36. The summed E-state index contributed by atoms with van der Waals surface area (Å²) in [4.78, 5) is 3.97. The molecular formula is C11H16BrNOS. The third kappa shape index (κ3) is 3.87. The Labute approximate surface area is 103 Å². The molecule has 4 heteroatoms. The minimum Gasteiger partial charge on any atom is -0.379 e. The van der Waals surface area contributed by atoms with Crippen molar-refractivity contribution < 1.29 is 4.74 Å². The number of nitrogens with zero attached hydrogens (tertiary/aromatic N) is 1. The molecule has 0 radical (unpaired) electrons. The van der Waals surface area contributed by atoms with E-state index in [1.54, 1.807) is 0 Å². The number of thiophene rings is 1. The largest absolute Gasteiger partial charge is 0.379 e. The Morgan fingerprint density at radius 1 is 1.33 bits per heavy atom. The van der Waals surface area contributed by atoms with Crippen LogP contribution < -0.4 is 0 Å². The van der Waals surface area contributed by atoms with Crippen LogP contribution in [0.1, 0.15) is 11.3 Å². The van der Waals surface area contributed by atoms with Gasteiger partial charge in [0.15, 0.2) is 0 Å². The van der Waals surface area contributed by atoms with E-state index >= 15 is 0 Å². The normalized spacial score (nSPS) is 18.2. The van der Waals surface area contributed by atoms with Crippen LogP contribution in [0.3, 0.4) is 0 Å². The van der Waals surface area contributed by atoms with Crippen LogP contribution in [0.25, 0.3) is 0 Å². The molecule has 0 aromatic carbocycles. The van der Waals surface area contributed by atoms with Crippen molar-refractivity contribution in [3.05, 3.63) is 20.8 Å². The van der Waals surface area contributed by atoms with Crippen LogP contribution in [0.2, 0.25) is 0 Å². The summed E-state index contributed by atoms with van der Waals surface area (Å²) in [5.41, 5.74) is 0. The highest BCUT2D eigenvalue weighted by Crippen LogP contribution is 2.23. The van der Waals surface area contributed by atoms with E-state index in [0.717, 1.165) is 26.3 Å². The van der Waals surface area contributed by atoms with Gasteiger partial charge in [-0.2, -0.15) is 0 Å². The van der Waals surface area contributed by atoms with Crippen LogP contribution in [0, 0.1) is 0 Å². The Hall–Kier alpha value is 0.1000. The van der Waals surface area contributed by atoms with Gasteiger partial charge in [0.05, 0.1) is 17.0 Å². The Kier molecular flexibility index (Phi) is 4.62. The van der Waals surface area contributed by atoms with Crippen LogP contribution in [0.4, 0.5) is 0 Å². The van der Waals surface area contributed by atoms with Crippen LogP contribution in [-0.4, -0.2) is 37.7 Å². The maximum Gasteiger partial charge on any atom is 0.0701 e. The predicted octanol–water partition coefficient (Wildman–Crippen LogP) is 2.78. The molecule has 1 aromatic rings. The second-order valence-corrected chi connectivity index (χ2v) is 6.31. The number of hydrogen-bond acceptors (Lipinski definition) is 3. The maximum atomic E-state index is 5.32. The summed E-state index contributed by atoms with van der Waals surface area (Å²) in [5.74, 6) is 0. The fraction of sp³-hybridized carbons (Fsp3) is 0.636. The van der Waals surface area contributed by atoms with E-state index < -0.39 is 0 Å². The lowest BCUT2D eigenvalue weighted by atomic mass is 10.2. The molecule has 1 saturated heterocycles. The SMILES string of the molecule is Brc1ccc(CCCN2CCOCC2)s1. The topological polar surface area (TPSA) is 12.5 Å². The first-order valence-corrected chi connectivity index (χ1v) is 7.00. The van der Waals surface area contributed by atoms with Gasteiger partial charge in [-0.25, -0.2) is 0 Å². The van der Waals surface area contributed by atoms with Crippen LogP contribution in [-0.2, 0) is 11.2 Å². The molecule has 2 nitrogen and oxygen atoms in total. The molecule has 1 aromatic heterocycles. The highest BCUT2D eigenvalue weighted by atomic mass is 79.9. The minimum atomic E-state index is 0.907. The Bertz CT molecular complexity index is 297. The Morgan fingerprint density at radius 2 is 2.13 bits per heavy atom. The Morgan fingerprint density at radius 3 is 2.80 bits per heavy atom. The van der Waals surface area contributed by atoms with Gasteiger partial charge in [0.2, 0.25) is 0 Å². The predicted molar refractivity (Wildman–Crippen MR) is 67.6 cm³/mol. The van der Waals surface area contributed by atoms with Gasteiger partial charge in [-0.05, 0) is 47.4 Å². The van der Waals surface area contributed by atoms with Gasteiger partial charge in [-0.1, -0.05) is 0 Å². The van der Waals surface area contributed by atoms with Gasteiger partial charge < -0.3 is 4.74 Å². The van der Waals surface area contributed by atoms with Gasteiger partial charge >= 0.3 is 0 Å². The molecule has 0 atom stereocenters. The van der Waals surface area contributed by atoms with Crippen molar-refractivity contribution in [1.82, 2.24) is 4.90 Å². The average molecular weight is 290 g/mol. The summed E-state index contributed by atoms with van der Waals surface area (Å²) in [6.45, 7) is 5.23. The molecule has 0 spiro atoms. The lowest BCUT2D eigenvalue weighted by molar-refractivity contribution is 0.0375. The van der Waals surface area contributed by atoms with Gasteiger partial charge in [-0.3, -0.25) is 4.90 Å². The third-order valence-corrected chi connectivity index (χ3v) is 4.31. The molecule has 1 fully saturated rings. The first kappa shape index (κ1) is 11.6. The van der Waals surface area contributed by atoms with E-state index in [0.29, 0.717) is 0 Å². The van der Waals surface area contributed by atoms with Crippen molar-refractivity contribution >= 4 is 27.3 Å². The maximum absolute atomic E-state index is 5.32. The zero-order valence-electron chi connectivity index (χ0n) is 8.75. The smallest absolute Gasteiger partial charge is 0.0701 e. The van der Waals surface area contributed by atoms with E-state index in [4.69, 9.17) is 4.74 Å². The van der Waals surface area contributed by atoms with E-state index in [9.17, 15) is 0 Å². The fourth-order valence-electron chi connectivity index (χ4n) is 1.79. The van der Waals surface area contributed by atoms with E-state index in [1.807, 2.05) is 11.3 Å². The summed E-state index contributed by atoms with van der Waals surface area (Å²) in [6.07, 6.45) is 2.46. The molecule has 0 aliphatic carbocycles. The van der Waals surface area contributed by atoms with Gasteiger partial charge in [0.25, 0.3) is 0 Å². The van der Waals surface area contributed by atoms with E-state index in [-0.39, 0.29) is 0 Å². The zero-order chi connectivity index (χ0) is 10.5. The van der Waals surface area contributed by atoms with Crippen LogP contribution in [0.15, 0.2) is 15.9 Å². The standard InChI is InChI=1S/C11H16BrNOS/c12-11-4-3-10(15-11)2-1-5-13-6-8-14-9-7-13/h3-4H,1-2,5-9H2. The number of rotatable bonds is 4. The van der Waals surface area contributed by atoms with Crippen molar-refractivity contribution in [2.75, 3.05) is 32.8 Å². The molecule has 1 aliphatic rings. The molecule has 0 bridgehead atoms. The van der Waals surface area contributed by atoms with Crippen molar-refractivity contribution in [3.8, 4) is 0 Å².